The molecule has 1 heterocycles. The van der Waals surface area contributed by atoms with Crippen molar-refractivity contribution in [1.29, 1.82) is 0 Å². The first kappa shape index (κ1) is 10.0. The Balaban J connectivity index is 1.93. The van der Waals surface area contributed by atoms with Crippen LogP contribution in [0.4, 0.5) is 0 Å². The number of rotatable bonds is 2. The summed E-state index contributed by atoms with van der Waals surface area (Å²) >= 11 is 0. The number of aliphatic hydroxyl groups is 1. The quantitative estimate of drug-likeness (QED) is 0.596. The van der Waals surface area contributed by atoms with E-state index in [-0.39, 0.29) is 11.9 Å². The van der Waals surface area contributed by atoms with Crippen LogP contribution in [0.2, 0.25) is 0 Å². The Kier molecular flexibility index (Phi) is 2.91. The molecule has 1 fully saturated rings. The molecule has 0 spiro atoms. The van der Waals surface area contributed by atoms with Crippen molar-refractivity contribution in [2.75, 3.05) is 0 Å². The first-order chi connectivity index (χ1) is 7.27. The van der Waals surface area contributed by atoms with E-state index in [9.17, 15) is 9.90 Å². The number of tetrazole rings is 1. The molecule has 7 heteroatoms. The third-order valence-electron chi connectivity index (χ3n) is 2.59. The van der Waals surface area contributed by atoms with E-state index >= 15 is 0 Å². The predicted octanol–water partition coefficient (Wildman–Crippen LogP) is -0.767. The monoisotopic (exact) mass is 211 g/mol. The largest absolute Gasteiger partial charge is 0.391 e. The lowest BCUT2D eigenvalue weighted by atomic mass is 9.92. The van der Waals surface area contributed by atoms with E-state index < -0.39 is 12.0 Å². The molecule has 1 aliphatic rings. The molecule has 1 aromatic rings. The summed E-state index contributed by atoms with van der Waals surface area (Å²) in [7, 11) is 0. The van der Waals surface area contributed by atoms with Crippen LogP contribution in [0.1, 0.15) is 36.3 Å². The highest BCUT2D eigenvalue weighted by molar-refractivity contribution is 5.90. The van der Waals surface area contributed by atoms with E-state index in [2.05, 4.69) is 25.9 Å². The number of nitrogens with zero attached hydrogens (tertiary/aromatic N) is 3. The topological polar surface area (TPSA) is 104 Å². The molecule has 0 bridgehead atoms. The van der Waals surface area contributed by atoms with Gasteiger partial charge in [-0.25, -0.2) is 0 Å². The fraction of sp³-hybridized carbons (Fsp3) is 0.750. The lowest BCUT2D eigenvalue weighted by Gasteiger charge is -2.27. The maximum Gasteiger partial charge on any atom is 0.293 e. The molecule has 1 aromatic heterocycles. The fourth-order valence-electron chi connectivity index (χ4n) is 1.77. The smallest absolute Gasteiger partial charge is 0.293 e. The number of hydrogen-bond donors (Lipinski definition) is 3. The van der Waals surface area contributed by atoms with Crippen LogP contribution in [0.15, 0.2) is 0 Å². The van der Waals surface area contributed by atoms with E-state index in [0.717, 1.165) is 25.7 Å². The molecular weight excluding hydrogens is 198 g/mol. The van der Waals surface area contributed by atoms with Gasteiger partial charge in [0.05, 0.1) is 12.1 Å². The van der Waals surface area contributed by atoms with Gasteiger partial charge in [-0.3, -0.25) is 4.79 Å². The number of carbonyl (C=O) groups is 1. The number of aromatic amines is 1. The molecule has 0 saturated heterocycles. The van der Waals surface area contributed by atoms with Crippen LogP contribution in [0.25, 0.3) is 0 Å². The van der Waals surface area contributed by atoms with Crippen molar-refractivity contribution in [1.82, 2.24) is 25.9 Å². The fourth-order valence-corrected chi connectivity index (χ4v) is 1.77. The molecule has 0 radical (unpaired) electrons. The molecule has 15 heavy (non-hydrogen) atoms. The maximum absolute atomic E-state index is 11.5. The van der Waals surface area contributed by atoms with Crippen molar-refractivity contribution in [3.8, 4) is 0 Å². The Bertz CT molecular complexity index is 326. The summed E-state index contributed by atoms with van der Waals surface area (Å²) < 4.78 is 0. The van der Waals surface area contributed by atoms with Crippen LogP contribution in [0.5, 0.6) is 0 Å². The minimum absolute atomic E-state index is 0.00720. The summed E-state index contributed by atoms with van der Waals surface area (Å²) in [6.07, 6.45) is 3.10. The number of carbonyl (C=O) groups excluding carboxylic acids is 1. The lowest BCUT2D eigenvalue weighted by molar-refractivity contribution is 0.0710. The minimum Gasteiger partial charge on any atom is -0.391 e. The van der Waals surface area contributed by atoms with Crippen molar-refractivity contribution in [3.05, 3.63) is 5.82 Å². The van der Waals surface area contributed by atoms with Crippen LogP contribution in [-0.2, 0) is 0 Å². The van der Waals surface area contributed by atoms with E-state index in [0.29, 0.717) is 0 Å². The average molecular weight is 211 g/mol. The van der Waals surface area contributed by atoms with Crippen LogP contribution in [0, 0.1) is 0 Å². The number of nitrogens with one attached hydrogen (secondary N) is 2. The van der Waals surface area contributed by atoms with Gasteiger partial charge in [-0.1, -0.05) is 12.8 Å². The van der Waals surface area contributed by atoms with Crippen LogP contribution in [-0.4, -0.2) is 43.8 Å². The van der Waals surface area contributed by atoms with Gasteiger partial charge in [-0.15, -0.1) is 10.2 Å². The predicted molar refractivity (Wildman–Crippen MR) is 49.9 cm³/mol. The van der Waals surface area contributed by atoms with Crippen molar-refractivity contribution >= 4 is 5.91 Å². The molecule has 2 rings (SSSR count). The number of aliphatic hydroxyl groups excluding tert-OH is 1. The summed E-state index contributed by atoms with van der Waals surface area (Å²) in [6, 6.07) is -0.190. The number of aromatic nitrogens is 4. The second-order valence-electron chi connectivity index (χ2n) is 3.67. The summed E-state index contributed by atoms with van der Waals surface area (Å²) in [5.41, 5.74) is 0. The summed E-state index contributed by atoms with van der Waals surface area (Å²) in [5, 5.41) is 25.0. The van der Waals surface area contributed by atoms with Gasteiger partial charge in [0.15, 0.2) is 0 Å². The van der Waals surface area contributed by atoms with Crippen molar-refractivity contribution < 1.29 is 9.90 Å². The molecule has 0 aliphatic heterocycles. The van der Waals surface area contributed by atoms with Gasteiger partial charge in [0.1, 0.15) is 0 Å². The van der Waals surface area contributed by atoms with Gasteiger partial charge < -0.3 is 10.4 Å². The molecule has 2 unspecified atom stereocenters. The van der Waals surface area contributed by atoms with Gasteiger partial charge in [0, 0.05) is 0 Å². The highest BCUT2D eigenvalue weighted by atomic mass is 16.3. The van der Waals surface area contributed by atoms with Crippen LogP contribution < -0.4 is 5.32 Å². The first-order valence-electron chi connectivity index (χ1n) is 5.00. The van der Waals surface area contributed by atoms with Crippen LogP contribution >= 0.6 is 0 Å². The van der Waals surface area contributed by atoms with Crippen molar-refractivity contribution in [3.63, 3.8) is 0 Å². The van der Waals surface area contributed by atoms with Crippen molar-refractivity contribution in [2.45, 2.75) is 37.8 Å². The standard InChI is InChI=1S/C8H13N5O2/c14-6-4-2-1-3-5(6)9-8(15)7-10-12-13-11-7/h5-6,14H,1-4H2,(H,9,15)(H,10,11,12,13). The average Bonchev–Trinajstić information content (AvgIpc) is 2.74. The van der Waals surface area contributed by atoms with Gasteiger partial charge >= 0.3 is 0 Å². The molecule has 3 N–H and O–H groups in total. The Hall–Kier alpha value is -1.50. The molecule has 1 aliphatic carbocycles. The Labute approximate surface area is 86.3 Å². The molecule has 2 atom stereocenters. The number of H-pyrrole nitrogens is 1. The second kappa shape index (κ2) is 4.35. The van der Waals surface area contributed by atoms with Gasteiger partial charge in [0.25, 0.3) is 11.7 Å². The molecular formula is C8H13N5O2. The van der Waals surface area contributed by atoms with Gasteiger partial charge in [0.2, 0.25) is 0 Å². The van der Waals surface area contributed by atoms with Crippen molar-refractivity contribution in [2.24, 2.45) is 0 Å². The maximum atomic E-state index is 11.5. The van der Waals surface area contributed by atoms with Gasteiger partial charge in [-0.2, -0.15) is 5.21 Å². The zero-order valence-corrected chi connectivity index (χ0v) is 8.18. The lowest BCUT2D eigenvalue weighted by Crippen LogP contribution is -2.45. The third kappa shape index (κ3) is 2.30. The summed E-state index contributed by atoms with van der Waals surface area (Å²) in [5.74, 6) is -0.387. The normalized spacial score (nSPS) is 26.2. The minimum atomic E-state index is -0.463. The van der Waals surface area contributed by atoms with E-state index in [1.807, 2.05) is 0 Å². The molecule has 82 valence electrons. The summed E-state index contributed by atoms with van der Waals surface area (Å²) in [6.45, 7) is 0. The molecule has 0 aromatic carbocycles. The highest BCUT2D eigenvalue weighted by Gasteiger charge is 2.25. The van der Waals surface area contributed by atoms with E-state index in [1.165, 1.54) is 0 Å². The number of amides is 1. The van der Waals surface area contributed by atoms with E-state index in [1.54, 1.807) is 0 Å². The Morgan fingerprint density at radius 2 is 2.27 bits per heavy atom. The Morgan fingerprint density at radius 3 is 2.93 bits per heavy atom. The molecule has 1 amide bonds. The summed E-state index contributed by atoms with van der Waals surface area (Å²) in [4.78, 5) is 11.5. The number of hydrogen-bond acceptors (Lipinski definition) is 5. The first-order valence-corrected chi connectivity index (χ1v) is 5.00. The highest BCUT2D eigenvalue weighted by Crippen LogP contribution is 2.18. The zero-order valence-electron chi connectivity index (χ0n) is 8.18. The molecule has 7 nitrogen and oxygen atoms in total. The molecule has 1 saturated carbocycles. The third-order valence-corrected chi connectivity index (χ3v) is 2.59. The van der Waals surface area contributed by atoms with Gasteiger partial charge in [-0.05, 0) is 18.1 Å². The second-order valence-corrected chi connectivity index (χ2v) is 3.67. The SMILES string of the molecule is O=C(NC1CCCCC1O)c1nn[nH]n1. The van der Waals surface area contributed by atoms with E-state index in [4.69, 9.17) is 0 Å². The zero-order chi connectivity index (χ0) is 10.7. The van der Waals surface area contributed by atoms with Crippen LogP contribution in [0.3, 0.4) is 0 Å². The Morgan fingerprint density at radius 1 is 1.47 bits per heavy atom.